The van der Waals surface area contributed by atoms with Crippen LogP contribution in [0.2, 0.25) is 5.02 Å². The van der Waals surface area contributed by atoms with Crippen molar-refractivity contribution in [3.63, 3.8) is 0 Å². The van der Waals surface area contributed by atoms with Crippen LogP contribution in [-0.4, -0.2) is 5.04 Å². The third-order valence-electron chi connectivity index (χ3n) is 4.78. The molecule has 3 aromatic rings. The Hall–Kier alpha value is -4.28. The zero-order chi connectivity index (χ0) is 23.2. The Labute approximate surface area is 200 Å². The van der Waals surface area contributed by atoms with Crippen LogP contribution in [0.3, 0.4) is 0 Å². The van der Waals surface area contributed by atoms with Gasteiger partial charge in [0.1, 0.15) is 33.9 Å². The molecule has 0 amide bonds. The maximum Gasteiger partial charge on any atom is 0.138 e. The summed E-state index contributed by atoms with van der Waals surface area (Å²) < 4.78 is 0. The Morgan fingerprint density at radius 2 is 1.39 bits per heavy atom. The first-order chi connectivity index (χ1) is 16.2. The van der Waals surface area contributed by atoms with Crippen molar-refractivity contribution >= 4 is 39.7 Å². The van der Waals surface area contributed by atoms with Crippen molar-refractivity contribution in [2.45, 2.75) is 0 Å². The summed E-state index contributed by atoms with van der Waals surface area (Å²) in [6.07, 6.45) is 0. The number of hydrogen-bond acceptors (Lipinski definition) is 6. The van der Waals surface area contributed by atoms with Gasteiger partial charge in [-0.15, -0.1) is 0 Å². The van der Waals surface area contributed by atoms with E-state index in [0.717, 1.165) is 11.3 Å². The fourth-order valence-corrected chi connectivity index (χ4v) is 4.44. The Morgan fingerprint density at radius 1 is 0.788 bits per heavy atom. The average Bonchev–Trinajstić information content (AvgIpc) is 3.31. The molecule has 1 aliphatic rings. The van der Waals surface area contributed by atoms with Crippen LogP contribution in [0.1, 0.15) is 11.1 Å². The molecule has 0 fully saturated rings. The van der Waals surface area contributed by atoms with Gasteiger partial charge in [-0.05, 0) is 41.6 Å². The van der Waals surface area contributed by atoms with Crippen LogP contribution in [0.5, 0.6) is 0 Å². The first-order valence-electron chi connectivity index (χ1n) is 9.78. The van der Waals surface area contributed by atoms with Crippen LogP contribution in [-0.2, 0) is 0 Å². The number of thioether (sulfide) groups is 1. The second kappa shape index (κ2) is 9.90. The quantitative estimate of drug-likeness (QED) is 0.412. The van der Waals surface area contributed by atoms with Crippen molar-refractivity contribution in [2.24, 2.45) is 5.10 Å². The number of hydrazone groups is 1. The van der Waals surface area contributed by atoms with Crippen LogP contribution in [0.15, 0.2) is 106 Å². The van der Waals surface area contributed by atoms with E-state index in [1.165, 1.54) is 11.8 Å². The number of nitrogens with zero attached hydrogens (tertiary/aromatic N) is 5. The van der Waals surface area contributed by atoms with Gasteiger partial charge in [-0.3, -0.25) is 0 Å². The SMILES string of the molecule is N#CC(C#N)=C(/C(C#N)=C1\SC(c2ccc(Cl)cc2)=NN1c1ccccc1)c1ccccc1. The van der Waals surface area contributed by atoms with Gasteiger partial charge in [0.15, 0.2) is 0 Å². The lowest BCUT2D eigenvalue weighted by molar-refractivity contribution is 1.07. The highest BCUT2D eigenvalue weighted by Gasteiger charge is 2.30. The van der Waals surface area contributed by atoms with Crippen LogP contribution in [0.4, 0.5) is 5.69 Å². The van der Waals surface area contributed by atoms with E-state index in [2.05, 4.69) is 6.07 Å². The highest BCUT2D eigenvalue weighted by Crippen LogP contribution is 2.42. The van der Waals surface area contributed by atoms with E-state index in [4.69, 9.17) is 16.7 Å². The third-order valence-corrected chi connectivity index (χ3v) is 6.11. The summed E-state index contributed by atoms with van der Waals surface area (Å²) in [7, 11) is 0. The van der Waals surface area contributed by atoms with Gasteiger partial charge in [-0.25, -0.2) is 5.01 Å². The summed E-state index contributed by atoms with van der Waals surface area (Å²) in [6, 6.07) is 31.8. The number of halogens is 1. The Bertz CT molecular complexity index is 1390. The molecule has 0 radical (unpaired) electrons. The minimum atomic E-state index is -0.140. The molecule has 0 bridgehead atoms. The molecule has 3 aromatic carbocycles. The van der Waals surface area contributed by atoms with Gasteiger partial charge in [0.2, 0.25) is 0 Å². The van der Waals surface area contributed by atoms with Crippen LogP contribution in [0, 0.1) is 34.0 Å². The monoisotopic (exact) mass is 463 g/mol. The first kappa shape index (κ1) is 21.9. The maximum absolute atomic E-state index is 10.2. The molecule has 1 heterocycles. The number of nitriles is 3. The van der Waals surface area contributed by atoms with Crippen LogP contribution in [0.25, 0.3) is 5.57 Å². The molecule has 5 nitrogen and oxygen atoms in total. The highest BCUT2D eigenvalue weighted by molar-refractivity contribution is 8.18. The Kier molecular flexibility index (Phi) is 6.58. The van der Waals surface area contributed by atoms with Crippen molar-refractivity contribution in [3.05, 3.63) is 117 Å². The minimum absolute atomic E-state index is 0.140. The molecule has 0 atom stereocenters. The van der Waals surface area contributed by atoms with Gasteiger partial charge in [-0.2, -0.15) is 20.9 Å². The van der Waals surface area contributed by atoms with E-state index in [1.807, 2.05) is 60.7 Å². The molecular weight excluding hydrogens is 450 g/mol. The summed E-state index contributed by atoms with van der Waals surface area (Å²) in [6.45, 7) is 0. The summed E-state index contributed by atoms with van der Waals surface area (Å²) >= 11 is 7.35. The second-order valence-electron chi connectivity index (χ2n) is 6.79. The zero-order valence-electron chi connectivity index (χ0n) is 17.1. The lowest BCUT2D eigenvalue weighted by atomic mass is 9.94. The van der Waals surface area contributed by atoms with Crippen molar-refractivity contribution in [2.75, 3.05) is 5.01 Å². The molecule has 7 heteroatoms. The number of anilines is 1. The number of rotatable bonds is 4. The van der Waals surface area contributed by atoms with E-state index < -0.39 is 0 Å². The number of allylic oxidation sites excluding steroid dienone is 3. The van der Waals surface area contributed by atoms with Gasteiger partial charge >= 0.3 is 0 Å². The summed E-state index contributed by atoms with van der Waals surface area (Å²) in [5.41, 5.74) is 2.52. The highest BCUT2D eigenvalue weighted by atomic mass is 35.5. The molecule has 1 aliphatic heterocycles. The standard InChI is InChI=1S/C26H14ClN5S/c27-21-13-11-19(12-14-21)25-31-32(22-9-5-2-6-10-22)26(33-25)23(17-30)24(20(15-28)16-29)18-7-3-1-4-8-18/h1-14H/b26-23-. The van der Waals surface area contributed by atoms with Crippen molar-refractivity contribution < 1.29 is 0 Å². The summed E-state index contributed by atoms with van der Waals surface area (Å²) in [5.74, 6) is 0. The molecule has 0 spiro atoms. The Morgan fingerprint density at radius 3 is 1.97 bits per heavy atom. The minimum Gasteiger partial charge on any atom is -0.224 e. The number of hydrogen-bond donors (Lipinski definition) is 0. The summed E-state index contributed by atoms with van der Waals surface area (Å²) in [5, 5.41) is 37.8. The van der Waals surface area contributed by atoms with E-state index in [0.29, 0.717) is 20.7 Å². The number of benzene rings is 3. The first-order valence-corrected chi connectivity index (χ1v) is 11.0. The van der Waals surface area contributed by atoms with E-state index in [1.54, 1.807) is 41.4 Å². The number of para-hydroxylation sites is 1. The van der Waals surface area contributed by atoms with Crippen molar-refractivity contribution in [1.82, 2.24) is 0 Å². The van der Waals surface area contributed by atoms with Gasteiger partial charge in [-0.1, -0.05) is 72.3 Å². The molecule has 156 valence electrons. The van der Waals surface area contributed by atoms with Crippen molar-refractivity contribution in [3.8, 4) is 18.2 Å². The molecule has 33 heavy (non-hydrogen) atoms. The lowest BCUT2D eigenvalue weighted by Crippen LogP contribution is -2.12. The van der Waals surface area contributed by atoms with Gasteiger partial charge in [0.25, 0.3) is 0 Å². The zero-order valence-corrected chi connectivity index (χ0v) is 18.7. The third kappa shape index (κ3) is 4.52. The van der Waals surface area contributed by atoms with Gasteiger partial charge in [0.05, 0.1) is 11.3 Å². The maximum atomic E-state index is 10.2. The molecule has 4 rings (SSSR count). The predicted molar refractivity (Wildman–Crippen MR) is 132 cm³/mol. The average molecular weight is 464 g/mol. The normalized spacial score (nSPS) is 13.9. The van der Waals surface area contributed by atoms with Gasteiger partial charge in [0, 0.05) is 16.2 Å². The fourth-order valence-electron chi connectivity index (χ4n) is 3.27. The molecule has 0 aromatic heterocycles. The fraction of sp³-hybridized carbons (Fsp3) is 0. The Balaban J connectivity index is 1.96. The molecule has 0 saturated carbocycles. The summed E-state index contributed by atoms with van der Waals surface area (Å²) in [4.78, 5) is 0. The predicted octanol–water partition coefficient (Wildman–Crippen LogP) is 6.49. The van der Waals surface area contributed by atoms with E-state index in [-0.39, 0.29) is 16.7 Å². The van der Waals surface area contributed by atoms with Crippen molar-refractivity contribution in [1.29, 1.82) is 15.8 Å². The molecule has 0 N–H and O–H groups in total. The van der Waals surface area contributed by atoms with E-state index in [9.17, 15) is 15.8 Å². The lowest BCUT2D eigenvalue weighted by Gasteiger charge is -2.18. The molecule has 0 saturated heterocycles. The molecular formula is C26H14ClN5S. The second-order valence-corrected chi connectivity index (χ2v) is 8.21. The smallest absolute Gasteiger partial charge is 0.138 e. The largest absolute Gasteiger partial charge is 0.224 e. The van der Waals surface area contributed by atoms with Gasteiger partial charge < -0.3 is 0 Å². The topological polar surface area (TPSA) is 87.0 Å². The van der Waals surface area contributed by atoms with Crippen LogP contribution < -0.4 is 5.01 Å². The van der Waals surface area contributed by atoms with Crippen LogP contribution >= 0.6 is 23.4 Å². The molecule has 0 unspecified atom stereocenters. The van der Waals surface area contributed by atoms with E-state index >= 15 is 0 Å². The molecule has 0 aliphatic carbocycles.